The summed E-state index contributed by atoms with van der Waals surface area (Å²) in [6, 6.07) is 9.89. The zero-order valence-corrected chi connectivity index (χ0v) is 15.4. The molecule has 26 heavy (non-hydrogen) atoms. The number of nitrogens with zero attached hydrogens (tertiary/aromatic N) is 3. The van der Waals surface area contributed by atoms with Gasteiger partial charge in [-0.2, -0.15) is 0 Å². The van der Waals surface area contributed by atoms with Crippen LogP contribution in [0.2, 0.25) is 0 Å². The topological polar surface area (TPSA) is 62.7 Å². The average molecular weight is 371 g/mol. The molecule has 4 rings (SSSR count). The lowest BCUT2D eigenvalue weighted by molar-refractivity contribution is -0.134. The molecule has 2 aromatic rings. The monoisotopic (exact) mass is 371 g/mol. The Labute approximate surface area is 156 Å². The highest BCUT2D eigenvalue weighted by Crippen LogP contribution is 2.24. The first kappa shape index (κ1) is 17.2. The van der Waals surface area contributed by atoms with Gasteiger partial charge in [-0.3, -0.25) is 9.59 Å². The molecule has 2 aliphatic heterocycles. The molecular formula is C19H21N3O3S. The first-order chi connectivity index (χ1) is 12.6. The maximum Gasteiger partial charge on any atom is 0.229 e. The maximum absolute atomic E-state index is 12.8. The normalized spacial score (nSPS) is 23.0. The lowest BCUT2D eigenvalue weighted by atomic mass is 10.1. The number of thiazole rings is 1. The third kappa shape index (κ3) is 3.37. The number of aromatic nitrogens is 1. The minimum absolute atomic E-state index is 0.0231. The van der Waals surface area contributed by atoms with Crippen molar-refractivity contribution in [2.75, 3.05) is 33.4 Å². The zero-order valence-electron chi connectivity index (χ0n) is 14.6. The fraction of sp³-hybridized carbons (Fsp3) is 0.421. The number of carbonyl (C=O) groups excluding carboxylic acids is 2. The van der Waals surface area contributed by atoms with Crippen molar-refractivity contribution < 1.29 is 14.3 Å². The Morgan fingerprint density at radius 3 is 2.88 bits per heavy atom. The van der Waals surface area contributed by atoms with Crippen molar-refractivity contribution in [1.29, 1.82) is 0 Å². The molecule has 0 radical (unpaired) electrons. The van der Waals surface area contributed by atoms with Crippen LogP contribution in [0, 0.1) is 5.92 Å². The molecule has 136 valence electrons. The van der Waals surface area contributed by atoms with Crippen molar-refractivity contribution in [2.45, 2.75) is 12.5 Å². The van der Waals surface area contributed by atoms with Crippen LogP contribution >= 0.6 is 11.3 Å². The molecular weight excluding hydrogens is 350 g/mol. The summed E-state index contributed by atoms with van der Waals surface area (Å²) in [5.74, 6) is -0.176. The third-order valence-electron chi connectivity index (χ3n) is 5.00. The van der Waals surface area contributed by atoms with Crippen molar-refractivity contribution in [3.63, 3.8) is 0 Å². The third-order valence-corrected chi connectivity index (χ3v) is 5.94. The number of rotatable bonds is 3. The SMILES string of the molecule is CN1C(=O)[C@H]2COC[C@@H]1CN(C(=O)Cc1csc(-c3ccccc3)n1)C2. The maximum atomic E-state index is 12.8. The summed E-state index contributed by atoms with van der Waals surface area (Å²) in [5, 5.41) is 2.86. The lowest BCUT2D eigenvalue weighted by Crippen LogP contribution is -2.45. The second-order valence-electron chi connectivity index (χ2n) is 6.82. The molecule has 0 aliphatic carbocycles. The summed E-state index contributed by atoms with van der Waals surface area (Å²) >= 11 is 1.55. The fourth-order valence-corrected chi connectivity index (χ4v) is 4.30. The second-order valence-corrected chi connectivity index (χ2v) is 7.68. The van der Waals surface area contributed by atoms with Crippen LogP contribution in [0.4, 0.5) is 0 Å². The van der Waals surface area contributed by atoms with Crippen LogP contribution in [-0.2, 0) is 20.7 Å². The summed E-state index contributed by atoms with van der Waals surface area (Å²) in [7, 11) is 1.80. The molecule has 7 heteroatoms. The van der Waals surface area contributed by atoms with E-state index in [2.05, 4.69) is 4.98 Å². The molecule has 0 unspecified atom stereocenters. The number of hydrogen-bond acceptors (Lipinski definition) is 5. The minimum atomic E-state index is -0.272. The lowest BCUT2D eigenvalue weighted by Gasteiger charge is -2.29. The number of benzene rings is 1. The fourth-order valence-electron chi connectivity index (χ4n) is 3.47. The van der Waals surface area contributed by atoms with E-state index in [0.717, 1.165) is 16.3 Å². The van der Waals surface area contributed by atoms with E-state index in [4.69, 9.17) is 4.74 Å². The van der Waals surface area contributed by atoms with E-state index in [1.807, 2.05) is 35.7 Å². The van der Waals surface area contributed by atoms with Gasteiger partial charge in [0.2, 0.25) is 11.8 Å². The van der Waals surface area contributed by atoms with Gasteiger partial charge in [0.25, 0.3) is 0 Å². The Balaban J connectivity index is 1.47. The molecule has 2 saturated heterocycles. The number of ether oxygens (including phenoxy) is 1. The largest absolute Gasteiger partial charge is 0.378 e. The van der Waals surface area contributed by atoms with E-state index >= 15 is 0 Å². The van der Waals surface area contributed by atoms with E-state index < -0.39 is 0 Å². The number of amides is 2. The number of hydrogen-bond donors (Lipinski definition) is 0. The van der Waals surface area contributed by atoms with Gasteiger partial charge in [-0.15, -0.1) is 11.3 Å². The quantitative estimate of drug-likeness (QED) is 0.823. The molecule has 1 aromatic carbocycles. The van der Waals surface area contributed by atoms with Gasteiger partial charge in [0.1, 0.15) is 5.01 Å². The average Bonchev–Trinajstić information content (AvgIpc) is 3.01. The molecule has 1 aromatic heterocycles. The molecule has 0 spiro atoms. The molecule has 0 saturated carbocycles. The van der Waals surface area contributed by atoms with Crippen molar-refractivity contribution in [2.24, 2.45) is 5.92 Å². The highest BCUT2D eigenvalue weighted by molar-refractivity contribution is 7.13. The Kier molecular flexibility index (Phi) is 4.74. The second kappa shape index (κ2) is 7.17. The van der Waals surface area contributed by atoms with Gasteiger partial charge in [0.15, 0.2) is 0 Å². The molecule has 3 heterocycles. The Hall–Kier alpha value is -2.25. The van der Waals surface area contributed by atoms with Gasteiger partial charge in [0, 0.05) is 31.1 Å². The Morgan fingerprint density at radius 1 is 1.27 bits per heavy atom. The van der Waals surface area contributed by atoms with Crippen molar-refractivity contribution in [1.82, 2.24) is 14.8 Å². The Bertz CT molecular complexity index is 807. The van der Waals surface area contributed by atoms with E-state index in [9.17, 15) is 9.59 Å². The summed E-state index contributed by atoms with van der Waals surface area (Å²) < 4.78 is 5.59. The van der Waals surface area contributed by atoms with Crippen LogP contribution in [0.3, 0.4) is 0 Å². The first-order valence-electron chi connectivity index (χ1n) is 8.74. The molecule has 2 aliphatic rings. The predicted octanol–water partition coefficient (Wildman–Crippen LogP) is 1.67. The molecule has 2 fully saturated rings. The van der Waals surface area contributed by atoms with Crippen LogP contribution in [0.15, 0.2) is 35.7 Å². The summed E-state index contributed by atoms with van der Waals surface area (Å²) in [4.78, 5) is 33.4. The molecule has 2 atom stereocenters. The minimum Gasteiger partial charge on any atom is -0.378 e. The van der Waals surface area contributed by atoms with Crippen LogP contribution in [-0.4, -0.2) is 66.0 Å². The predicted molar refractivity (Wildman–Crippen MR) is 98.7 cm³/mol. The molecule has 6 nitrogen and oxygen atoms in total. The van der Waals surface area contributed by atoms with Gasteiger partial charge in [0.05, 0.1) is 37.3 Å². The van der Waals surface area contributed by atoms with E-state index in [1.54, 1.807) is 28.2 Å². The van der Waals surface area contributed by atoms with Gasteiger partial charge < -0.3 is 14.5 Å². The zero-order chi connectivity index (χ0) is 18.1. The summed E-state index contributed by atoms with van der Waals surface area (Å²) in [5.41, 5.74) is 1.84. The number of fused-ring (bicyclic) bond motifs is 3. The molecule has 2 bridgehead atoms. The highest BCUT2D eigenvalue weighted by Gasteiger charge is 2.38. The highest BCUT2D eigenvalue weighted by atomic mass is 32.1. The van der Waals surface area contributed by atoms with Crippen molar-refractivity contribution >= 4 is 23.2 Å². The summed E-state index contributed by atoms with van der Waals surface area (Å²) in [6.07, 6.45) is 0.265. The number of carbonyl (C=O) groups is 2. The molecule has 2 amide bonds. The van der Waals surface area contributed by atoms with Crippen LogP contribution in [0.1, 0.15) is 5.69 Å². The van der Waals surface area contributed by atoms with Crippen LogP contribution in [0.25, 0.3) is 10.6 Å². The van der Waals surface area contributed by atoms with Gasteiger partial charge in [-0.1, -0.05) is 30.3 Å². The van der Waals surface area contributed by atoms with Gasteiger partial charge >= 0.3 is 0 Å². The first-order valence-corrected chi connectivity index (χ1v) is 9.62. The van der Waals surface area contributed by atoms with Gasteiger partial charge in [-0.25, -0.2) is 4.98 Å². The van der Waals surface area contributed by atoms with Crippen LogP contribution in [0.5, 0.6) is 0 Å². The van der Waals surface area contributed by atoms with Crippen molar-refractivity contribution in [3.05, 3.63) is 41.4 Å². The van der Waals surface area contributed by atoms with E-state index in [-0.39, 0.29) is 30.2 Å². The standard InChI is InChI=1S/C19H21N3O3S/c1-21-16-9-22(8-14(19(21)24)10-25-11-16)17(23)7-15-12-26-18(20-15)13-5-3-2-4-6-13/h2-6,12,14,16H,7-11H2,1H3/t14-,16+/m1/s1. The van der Waals surface area contributed by atoms with Gasteiger partial charge in [-0.05, 0) is 0 Å². The molecule has 0 N–H and O–H groups in total. The summed E-state index contributed by atoms with van der Waals surface area (Å²) in [6.45, 7) is 1.82. The smallest absolute Gasteiger partial charge is 0.229 e. The van der Waals surface area contributed by atoms with E-state index in [0.29, 0.717) is 26.3 Å². The van der Waals surface area contributed by atoms with E-state index in [1.165, 1.54) is 0 Å². The number of likely N-dealkylation sites (N-methyl/N-ethyl adjacent to an activating group) is 1. The Morgan fingerprint density at radius 2 is 2.08 bits per heavy atom. The van der Waals surface area contributed by atoms with Crippen LogP contribution < -0.4 is 0 Å². The van der Waals surface area contributed by atoms with Crippen molar-refractivity contribution in [3.8, 4) is 10.6 Å².